The molecule has 3 rings (SSSR count). The highest BCUT2D eigenvalue weighted by Gasteiger charge is 2.51. The lowest BCUT2D eigenvalue weighted by molar-refractivity contribution is 0.376. The SMILES string of the molecule is COc1nccnc1C(N)C1(c2ccccc2)CC1. The lowest BCUT2D eigenvalue weighted by Crippen LogP contribution is -2.28. The topological polar surface area (TPSA) is 61.0 Å². The summed E-state index contributed by atoms with van der Waals surface area (Å²) in [4.78, 5) is 8.56. The molecule has 4 heteroatoms. The van der Waals surface area contributed by atoms with Crippen LogP contribution in [-0.4, -0.2) is 17.1 Å². The molecule has 1 heterocycles. The van der Waals surface area contributed by atoms with Crippen LogP contribution in [0.4, 0.5) is 0 Å². The molecule has 4 nitrogen and oxygen atoms in total. The maximum atomic E-state index is 6.46. The molecule has 98 valence electrons. The average Bonchev–Trinajstić information content (AvgIpc) is 3.29. The van der Waals surface area contributed by atoms with Crippen LogP contribution in [0.2, 0.25) is 0 Å². The number of rotatable bonds is 4. The molecule has 0 amide bonds. The third-order valence-corrected chi connectivity index (χ3v) is 3.91. The molecule has 0 saturated heterocycles. The number of hydrogen-bond acceptors (Lipinski definition) is 4. The molecule has 0 aliphatic heterocycles. The third kappa shape index (κ3) is 1.98. The molecular weight excluding hydrogens is 238 g/mol. The fourth-order valence-electron chi connectivity index (χ4n) is 2.65. The van der Waals surface area contributed by atoms with Gasteiger partial charge in [-0.25, -0.2) is 4.98 Å². The number of hydrogen-bond donors (Lipinski definition) is 1. The van der Waals surface area contributed by atoms with E-state index in [-0.39, 0.29) is 11.5 Å². The zero-order valence-corrected chi connectivity index (χ0v) is 10.9. The molecule has 1 unspecified atom stereocenters. The van der Waals surface area contributed by atoms with Crippen LogP contribution < -0.4 is 10.5 Å². The van der Waals surface area contributed by atoms with Crippen LogP contribution in [0.5, 0.6) is 5.88 Å². The van der Waals surface area contributed by atoms with Crippen LogP contribution in [0.15, 0.2) is 42.7 Å². The summed E-state index contributed by atoms with van der Waals surface area (Å²) in [5, 5.41) is 0. The van der Waals surface area contributed by atoms with Crippen LogP contribution in [0.1, 0.15) is 30.1 Å². The van der Waals surface area contributed by atoms with E-state index in [9.17, 15) is 0 Å². The Morgan fingerprint density at radius 2 is 1.84 bits per heavy atom. The molecule has 1 saturated carbocycles. The zero-order valence-electron chi connectivity index (χ0n) is 10.9. The van der Waals surface area contributed by atoms with Gasteiger partial charge in [0.25, 0.3) is 0 Å². The molecule has 2 N–H and O–H groups in total. The predicted molar refractivity (Wildman–Crippen MR) is 72.9 cm³/mol. The van der Waals surface area contributed by atoms with Crippen molar-refractivity contribution in [1.29, 1.82) is 0 Å². The van der Waals surface area contributed by atoms with Gasteiger partial charge in [0, 0.05) is 17.8 Å². The summed E-state index contributed by atoms with van der Waals surface area (Å²) >= 11 is 0. The fourth-order valence-corrected chi connectivity index (χ4v) is 2.65. The van der Waals surface area contributed by atoms with Gasteiger partial charge in [0.1, 0.15) is 5.69 Å². The Morgan fingerprint density at radius 1 is 1.16 bits per heavy atom. The first kappa shape index (κ1) is 12.1. The van der Waals surface area contributed by atoms with Crippen molar-refractivity contribution >= 4 is 0 Å². The van der Waals surface area contributed by atoms with Crippen LogP contribution in [0, 0.1) is 0 Å². The Labute approximate surface area is 112 Å². The summed E-state index contributed by atoms with van der Waals surface area (Å²) in [7, 11) is 1.60. The molecule has 1 aromatic carbocycles. The second-order valence-electron chi connectivity index (χ2n) is 4.95. The number of ether oxygens (including phenoxy) is 1. The molecule has 1 aliphatic carbocycles. The van der Waals surface area contributed by atoms with Crippen molar-refractivity contribution in [2.45, 2.75) is 24.3 Å². The second-order valence-corrected chi connectivity index (χ2v) is 4.95. The molecule has 0 bridgehead atoms. The Kier molecular flexibility index (Phi) is 2.95. The molecule has 19 heavy (non-hydrogen) atoms. The third-order valence-electron chi connectivity index (χ3n) is 3.91. The summed E-state index contributed by atoms with van der Waals surface area (Å²) in [5.74, 6) is 0.525. The maximum Gasteiger partial charge on any atom is 0.237 e. The van der Waals surface area contributed by atoms with E-state index in [4.69, 9.17) is 10.5 Å². The monoisotopic (exact) mass is 255 g/mol. The molecule has 1 aliphatic rings. The summed E-state index contributed by atoms with van der Waals surface area (Å²) in [6.45, 7) is 0. The number of nitrogens with two attached hydrogens (primary N) is 1. The van der Waals surface area contributed by atoms with Gasteiger partial charge in [-0.2, -0.15) is 0 Å². The van der Waals surface area contributed by atoms with E-state index in [1.165, 1.54) is 5.56 Å². The van der Waals surface area contributed by atoms with E-state index in [2.05, 4.69) is 34.2 Å². The smallest absolute Gasteiger partial charge is 0.237 e. The van der Waals surface area contributed by atoms with Crippen molar-refractivity contribution < 1.29 is 4.74 Å². The molecule has 1 fully saturated rings. The van der Waals surface area contributed by atoms with Crippen molar-refractivity contribution in [2.24, 2.45) is 5.73 Å². The van der Waals surface area contributed by atoms with Crippen LogP contribution in [0.25, 0.3) is 0 Å². The highest BCUT2D eigenvalue weighted by molar-refractivity contribution is 5.38. The Hall–Kier alpha value is -1.94. The number of methoxy groups -OCH3 is 1. The highest BCUT2D eigenvalue weighted by Crippen LogP contribution is 2.55. The molecule has 2 aromatic rings. The molecule has 1 atom stereocenters. The first-order chi connectivity index (χ1) is 9.28. The van der Waals surface area contributed by atoms with E-state index in [0.29, 0.717) is 5.88 Å². The molecule has 1 aromatic heterocycles. The second kappa shape index (κ2) is 4.63. The van der Waals surface area contributed by atoms with Gasteiger partial charge in [-0.05, 0) is 18.4 Å². The van der Waals surface area contributed by atoms with Gasteiger partial charge in [-0.1, -0.05) is 30.3 Å². The lowest BCUT2D eigenvalue weighted by atomic mass is 9.86. The van der Waals surface area contributed by atoms with Crippen molar-refractivity contribution in [2.75, 3.05) is 7.11 Å². The number of benzene rings is 1. The predicted octanol–water partition coefficient (Wildman–Crippen LogP) is 2.22. The Balaban J connectivity index is 1.98. The Bertz CT molecular complexity index is 567. The van der Waals surface area contributed by atoms with Gasteiger partial charge < -0.3 is 10.5 Å². The highest BCUT2D eigenvalue weighted by atomic mass is 16.5. The van der Waals surface area contributed by atoms with Crippen molar-refractivity contribution in [3.8, 4) is 5.88 Å². The zero-order chi connectivity index (χ0) is 13.3. The molecular formula is C15H17N3O. The fraction of sp³-hybridized carbons (Fsp3) is 0.333. The minimum atomic E-state index is -0.182. The van der Waals surface area contributed by atoms with E-state index in [1.807, 2.05) is 6.07 Å². The van der Waals surface area contributed by atoms with Gasteiger partial charge in [0.2, 0.25) is 5.88 Å². The number of nitrogens with zero attached hydrogens (tertiary/aromatic N) is 2. The summed E-state index contributed by atoms with van der Waals surface area (Å²) in [5.41, 5.74) is 8.47. The van der Waals surface area contributed by atoms with E-state index >= 15 is 0 Å². The average molecular weight is 255 g/mol. The van der Waals surface area contributed by atoms with Crippen molar-refractivity contribution in [3.63, 3.8) is 0 Å². The molecule has 0 radical (unpaired) electrons. The minimum Gasteiger partial charge on any atom is -0.480 e. The standard InChI is InChI=1S/C15H17N3O/c1-19-14-12(17-9-10-18-14)13(16)15(7-8-15)11-5-3-2-4-6-11/h2-6,9-10,13H,7-8,16H2,1H3. The number of aromatic nitrogens is 2. The van der Waals surface area contributed by atoms with Gasteiger partial charge in [-0.15, -0.1) is 0 Å². The Morgan fingerprint density at radius 3 is 2.47 bits per heavy atom. The van der Waals surface area contributed by atoms with Gasteiger partial charge in [0.15, 0.2) is 0 Å². The lowest BCUT2D eigenvalue weighted by Gasteiger charge is -2.24. The molecule has 0 spiro atoms. The van der Waals surface area contributed by atoms with Crippen LogP contribution in [-0.2, 0) is 5.41 Å². The summed E-state index contributed by atoms with van der Waals surface area (Å²) in [6, 6.07) is 10.2. The van der Waals surface area contributed by atoms with Crippen LogP contribution >= 0.6 is 0 Å². The summed E-state index contributed by atoms with van der Waals surface area (Å²) in [6.07, 6.45) is 5.45. The van der Waals surface area contributed by atoms with E-state index < -0.39 is 0 Å². The van der Waals surface area contributed by atoms with Crippen molar-refractivity contribution in [1.82, 2.24) is 9.97 Å². The van der Waals surface area contributed by atoms with Gasteiger partial charge in [-0.3, -0.25) is 4.98 Å². The van der Waals surface area contributed by atoms with Crippen LogP contribution in [0.3, 0.4) is 0 Å². The largest absolute Gasteiger partial charge is 0.480 e. The van der Waals surface area contributed by atoms with Gasteiger partial charge in [0.05, 0.1) is 13.2 Å². The normalized spacial score (nSPS) is 17.8. The first-order valence-corrected chi connectivity index (χ1v) is 6.44. The van der Waals surface area contributed by atoms with Crippen molar-refractivity contribution in [3.05, 3.63) is 54.0 Å². The maximum absolute atomic E-state index is 6.46. The van der Waals surface area contributed by atoms with E-state index in [1.54, 1.807) is 19.5 Å². The van der Waals surface area contributed by atoms with Gasteiger partial charge >= 0.3 is 0 Å². The first-order valence-electron chi connectivity index (χ1n) is 6.44. The quantitative estimate of drug-likeness (QED) is 0.910. The van der Waals surface area contributed by atoms with E-state index in [0.717, 1.165) is 18.5 Å². The minimum absolute atomic E-state index is 0.00935. The summed E-state index contributed by atoms with van der Waals surface area (Å²) < 4.78 is 5.27.